The summed E-state index contributed by atoms with van der Waals surface area (Å²) in [6.07, 6.45) is 1.24. The van der Waals surface area contributed by atoms with Crippen molar-refractivity contribution in [3.63, 3.8) is 0 Å². The summed E-state index contributed by atoms with van der Waals surface area (Å²) in [5.41, 5.74) is 0.478. The van der Waals surface area contributed by atoms with Crippen LogP contribution in [-0.2, 0) is 6.54 Å². The molecule has 2 heterocycles. The summed E-state index contributed by atoms with van der Waals surface area (Å²) in [4.78, 5) is 26.4. The maximum absolute atomic E-state index is 11.7. The first kappa shape index (κ1) is 12.5. The molecule has 0 aliphatic rings. The summed E-state index contributed by atoms with van der Waals surface area (Å²) in [6.45, 7) is 0.236. The average molecular weight is 287 g/mol. The van der Waals surface area contributed by atoms with E-state index >= 15 is 0 Å². The van der Waals surface area contributed by atoms with Crippen LogP contribution in [0.4, 0.5) is 5.69 Å². The van der Waals surface area contributed by atoms with Gasteiger partial charge in [-0.3, -0.25) is 14.9 Å². The largest absolute Gasteiger partial charge is 0.302 e. The first-order valence-electron chi connectivity index (χ1n) is 5.83. The van der Waals surface area contributed by atoms with Gasteiger partial charge in [0.15, 0.2) is 0 Å². The number of hydrogen-bond donors (Lipinski definition) is 0. The van der Waals surface area contributed by atoms with E-state index in [1.807, 2.05) is 24.3 Å². The highest BCUT2D eigenvalue weighted by atomic mass is 32.1. The van der Waals surface area contributed by atoms with Crippen molar-refractivity contribution in [2.45, 2.75) is 6.54 Å². The van der Waals surface area contributed by atoms with E-state index in [0.29, 0.717) is 0 Å². The van der Waals surface area contributed by atoms with E-state index in [4.69, 9.17) is 0 Å². The summed E-state index contributed by atoms with van der Waals surface area (Å²) < 4.78 is 2.33. The third-order valence-electron chi connectivity index (χ3n) is 2.82. The number of para-hydroxylation sites is 1. The molecule has 3 aromatic rings. The molecule has 0 saturated carbocycles. The van der Waals surface area contributed by atoms with Gasteiger partial charge in [0.2, 0.25) is 0 Å². The molecule has 7 heteroatoms. The number of benzene rings is 1. The summed E-state index contributed by atoms with van der Waals surface area (Å²) in [5.74, 6) is 0. The SMILES string of the molecule is O=c1ccc([N+](=O)[O-])cn1Cc1nc2ccccc2s1. The third-order valence-corrected chi connectivity index (χ3v) is 3.84. The van der Waals surface area contributed by atoms with Crippen LogP contribution in [0.5, 0.6) is 0 Å². The molecule has 0 atom stereocenters. The van der Waals surface area contributed by atoms with Crippen molar-refractivity contribution in [1.82, 2.24) is 9.55 Å². The molecule has 0 fully saturated rings. The summed E-state index contributed by atoms with van der Waals surface area (Å²) in [5, 5.41) is 11.5. The molecule has 0 spiro atoms. The standard InChI is InChI=1S/C13H9N3O3S/c17-13-6-5-9(16(18)19)7-15(13)8-12-14-10-3-1-2-4-11(10)20-12/h1-7H,8H2. The van der Waals surface area contributed by atoms with E-state index in [9.17, 15) is 14.9 Å². The van der Waals surface area contributed by atoms with Gasteiger partial charge in [0, 0.05) is 12.1 Å². The van der Waals surface area contributed by atoms with Gasteiger partial charge >= 0.3 is 0 Å². The molecule has 0 aliphatic heterocycles. The Kier molecular flexibility index (Phi) is 3.03. The van der Waals surface area contributed by atoms with E-state index < -0.39 is 4.92 Å². The molecule has 100 valence electrons. The fourth-order valence-corrected chi connectivity index (χ4v) is 2.85. The molecule has 0 radical (unpaired) electrons. The molecular formula is C13H9N3O3S. The Balaban J connectivity index is 2.00. The van der Waals surface area contributed by atoms with Crippen molar-refractivity contribution < 1.29 is 4.92 Å². The van der Waals surface area contributed by atoms with Gasteiger partial charge in [-0.1, -0.05) is 12.1 Å². The molecular weight excluding hydrogens is 278 g/mol. The Morgan fingerprint density at radius 2 is 2.05 bits per heavy atom. The predicted molar refractivity (Wildman–Crippen MR) is 76.1 cm³/mol. The van der Waals surface area contributed by atoms with Crippen LogP contribution < -0.4 is 5.56 Å². The minimum atomic E-state index is -0.520. The molecule has 1 aromatic carbocycles. The van der Waals surface area contributed by atoms with E-state index in [-0.39, 0.29) is 17.8 Å². The number of nitro groups is 1. The Morgan fingerprint density at radius 1 is 1.25 bits per heavy atom. The number of aromatic nitrogens is 2. The second-order valence-electron chi connectivity index (χ2n) is 4.19. The fraction of sp³-hybridized carbons (Fsp3) is 0.0769. The van der Waals surface area contributed by atoms with Crippen molar-refractivity contribution in [2.24, 2.45) is 0 Å². The van der Waals surface area contributed by atoms with Crippen LogP contribution in [0.1, 0.15) is 5.01 Å². The van der Waals surface area contributed by atoms with Crippen LogP contribution in [0.2, 0.25) is 0 Å². The highest BCUT2D eigenvalue weighted by Gasteiger charge is 2.10. The van der Waals surface area contributed by atoms with Gasteiger partial charge in [-0.25, -0.2) is 4.98 Å². The van der Waals surface area contributed by atoms with E-state index in [1.165, 1.54) is 34.2 Å². The van der Waals surface area contributed by atoms with Crippen LogP contribution >= 0.6 is 11.3 Å². The van der Waals surface area contributed by atoms with Crippen molar-refractivity contribution in [1.29, 1.82) is 0 Å². The molecule has 0 amide bonds. The van der Waals surface area contributed by atoms with Gasteiger partial charge in [-0.05, 0) is 12.1 Å². The van der Waals surface area contributed by atoms with Crippen LogP contribution in [0.15, 0.2) is 47.4 Å². The molecule has 0 saturated heterocycles. The lowest BCUT2D eigenvalue weighted by Gasteiger charge is -2.01. The highest BCUT2D eigenvalue weighted by Crippen LogP contribution is 2.22. The third kappa shape index (κ3) is 2.30. The Hall–Kier alpha value is -2.54. The van der Waals surface area contributed by atoms with Gasteiger partial charge < -0.3 is 4.57 Å². The lowest BCUT2D eigenvalue weighted by Crippen LogP contribution is -2.19. The Bertz CT molecular complexity index is 820. The number of fused-ring (bicyclic) bond motifs is 1. The average Bonchev–Trinajstić information content (AvgIpc) is 2.83. The monoisotopic (exact) mass is 287 g/mol. The minimum Gasteiger partial charge on any atom is -0.302 e. The zero-order valence-electron chi connectivity index (χ0n) is 10.2. The number of thiazole rings is 1. The topological polar surface area (TPSA) is 78.0 Å². The van der Waals surface area contributed by atoms with Crippen molar-refractivity contribution in [3.05, 3.63) is 68.1 Å². The van der Waals surface area contributed by atoms with Crippen LogP contribution in [-0.4, -0.2) is 14.5 Å². The second kappa shape index (κ2) is 4.86. The highest BCUT2D eigenvalue weighted by molar-refractivity contribution is 7.18. The number of pyridine rings is 1. The Labute approximate surface area is 117 Å². The molecule has 6 nitrogen and oxygen atoms in total. The smallest absolute Gasteiger partial charge is 0.285 e. The van der Waals surface area contributed by atoms with Crippen molar-refractivity contribution in [2.75, 3.05) is 0 Å². The van der Waals surface area contributed by atoms with E-state index in [1.54, 1.807) is 0 Å². The van der Waals surface area contributed by atoms with E-state index in [2.05, 4.69) is 4.98 Å². The van der Waals surface area contributed by atoms with Gasteiger partial charge in [0.25, 0.3) is 11.2 Å². The van der Waals surface area contributed by atoms with Crippen LogP contribution in [0.3, 0.4) is 0 Å². The maximum atomic E-state index is 11.7. The predicted octanol–water partition coefficient (Wildman–Crippen LogP) is 2.41. The molecule has 2 aromatic heterocycles. The second-order valence-corrected chi connectivity index (χ2v) is 5.30. The van der Waals surface area contributed by atoms with Crippen molar-refractivity contribution >= 4 is 27.2 Å². The first-order valence-corrected chi connectivity index (χ1v) is 6.64. The summed E-state index contributed by atoms with van der Waals surface area (Å²) in [6, 6.07) is 10.1. The molecule has 0 bridgehead atoms. The van der Waals surface area contributed by atoms with Crippen LogP contribution in [0, 0.1) is 10.1 Å². The number of rotatable bonds is 3. The summed E-state index contributed by atoms with van der Waals surface area (Å²) in [7, 11) is 0. The quantitative estimate of drug-likeness (QED) is 0.547. The van der Waals surface area contributed by atoms with E-state index in [0.717, 1.165) is 15.2 Å². The van der Waals surface area contributed by atoms with Crippen molar-refractivity contribution in [3.8, 4) is 0 Å². The number of hydrogen-bond acceptors (Lipinski definition) is 5. The van der Waals surface area contributed by atoms with Gasteiger partial charge in [-0.15, -0.1) is 11.3 Å². The lowest BCUT2D eigenvalue weighted by molar-refractivity contribution is -0.385. The molecule has 0 aliphatic carbocycles. The molecule has 3 rings (SSSR count). The first-order chi connectivity index (χ1) is 9.63. The zero-order valence-corrected chi connectivity index (χ0v) is 11.0. The van der Waals surface area contributed by atoms with Crippen LogP contribution in [0.25, 0.3) is 10.2 Å². The molecule has 0 N–H and O–H groups in total. The molecule has 20 heavy (non-hydrogen) atoms. The van der Waals surface area contributed by atoms with Gasteiger partial charge in [-0.2, -0.15) is 0 Å². The normalized spacial score (nSPS) is 10.8. The maximum Gasteiger partial charge on any atom is 0.285 e. The molecule has 0 unspecified atom stereocenters. The summed E-state index contributed by atoms with van der Waals surface area (Å²) >= 11 is 1.47. The number of nitrogens with zero attached hydrogens (tertiary/aromatic N) is 3. The fourth-order valence-electron chi connectivity index (χ4n) is 1.88. The van der Waals surface area contributed by atoms with Gasteiger partial charge in [0.1, 0.15) is 5.01 Å². The zero-order chi connectivity index (χ0) is 14.1. The minimum absolute atomic E-state index is 0.106. The lowest BCUT2D eigenvalue weighted by atomic mass is 10.3. The Morgan fingerprint density at radius 3 is 2.80 bits per heavy atom. The van der Waals surface area contributed by atoms with Gasteiger partial charge in [0.05, 0.1) is 27.9 Å².